The van der Waals surface area contributed by atoms with Gasteiger partial charge >= 0.3 is 0 Å². The van der Waals surface area contributed by atoms with E-state index in [0.717, 1.165) is 35.2 Å². The number of fused-ring (bicyclic) bond motifs is 1. The Morgan fingerprint density at radius 1 is 1.23 bits per heavy atom. The number of rotatable bonds is 5. The molecule has 0 radical (unpaired) electrons. The van der Waals surface area contributed by atoms with Crippen LogP contribution in [0.1, 0.15) is 4.88 Å². The van der Waals surface area contributed by atoms with Crippen molar-refractivity contribution in [2.75, 3.05) is 31.4 Å². The summed E-state index contributed by atoms with van der Waals surface area (Å²) >= 11 is 1.58. The number of benzene rings is 1. The number of ether oxygens (including phenoxy) is 3. The molecule has 2 aliphatic heterocycles. The molecule has 0 spiro atoms. The third-order valence-corrected chi connectivity index (χ3v) is 4.35. The molecule has 0 saturated carbocycles. The van der Waals surface area contributed by atoms with Gasteiger partial charge in [-0.3, -0.25) is 5.01 Å². The van der Waals surface area contributed by atoms with E-state index in [2.05, 4.69) is 5.10 Å². The zero-order valence-corrected chi connectivity index (χ0v) is 12.8. The number of para-hydroxylation sites is 1. The second kappa shape index (κ2) is 5.98. The molecule has 3 heterocycles. The van der Waals surface area contributed by atoms with Crippen molar-refractivity contribution < 1.29 is 14.2 Å². The van der Waals surface area contributed by atoms with Crippen LogP contribution in [-0.2, 0) is 4.74 Å². The Kier molecular flexibility index (Phi) is 3.70. The summed E-state index contributed by atoms with van der Waals surface area (Å²) in [7, 11) is 0. The highest BCUT2D eigenvalue weighted by molar-refractivity contribution is 7.12. The van der Waals surface area contributed by atoms with Crippen LogP contribution in [0.4, 0.5) is 5.69 Å². The molecule has 22 heavy (non-hydrogen) atoms. The van der Waals surface area contributed by atoms with E-state index < -0.39 is 0 Å². The van der Waals surface area contributed by atoms with Gasteiger partial charge in [-0.15, -0.1) is 11.3 Å². The minimum absolute atomic E-state index is 0.272. The van der Waals surface area contributed by atoms with Gasteiger partial charge < -0.3 is 14.2 Å². The molecule has 1 atom stereocenters. The molecule has 4 rings (SSSR count). The van der Waals surface area contributed by atoms with Crippen LogP contribution in [0.5, 0.6) is 11.5 Å². The van der Waals surface area contributed by atoms with Crippen molar-refractivity contribution in [1.82, 2.24) is 0 Å². The van der Waals surface area contributed by atoms with Crippen molar-refractivity contribution in [1.29, 1.82) is 0 Å². The average molecular weight is 316 g/mol. The molecular weight excluding hydrogens is 300 g/mol. The minimum atomic E-state index is 0.272. The highest BCUT2D eigenvalue weighted by Gasteiger charge is 2.26. The smallest absolute Gasteiger partial charge is 0.180 e. The second-order valence-corrected chi connectivity index (χ2v) is 6.02. The summed E-state index contributed by atoms with van der Waals surface area (Å²) in [6.07, 6.45) is 2.11. The summed E-state index contributed by atoms with van der Waals surface area (Å²) in [5.74, 6) is 1.62. The Morgan fingerprint density at radius 2 is 2.05 bits per heavy atom. The van der Waals surface area contributed by atoms with Gasteiger partial charge in [0, 0.05) is 5.38 Å². The Hall–Kier alpha value is -2.05. The molecule has 114 valence electrons. The van der Waals surface area contributed by atoms with Crippen LogP contribution in [0.3, 0.4) is 0 Å². The standard InChI is InChI=1S/C16H16N2O3S/c1-2-4-12(5-3-1)18(9-13-10-21-13)17-8-15-16-14(11-22-15)19-6-7-20-16/h1-5,8,11,13H,6-7,9-10H2. The lowest BCUT2D eigenvalue weighted by Crippen LogP contribution is -2.22. The molecule has 0 aliphatic carbocycles. The third-order valence-electron chi connectivity index (χ3n) is 3.48. The zero-order valence-electron chi connectivity index (χ0n) is 12.0. The normalized spacial score (nSPS) is 19.4. The number of epoxide rings is 1. The molecule has 1 unspecified atom stereocenters. The maximum Gasteiger partial charge on any atom is 0.180 e. The molecule has 1 aromatic heterocycles. The topological polar surface area (TPSA) is 46.6 Å². The Bertz CT molecular complexity index is 667. The van der Waals surface area contributed by atoms with Gasteiger partial charge in [-0.1, -0.05) is 18.2 Å². The Labute approximate surface area is 132 Å². The summed E-state index contributed by atoms with van der Waals surface area (Å²) in [4.78, 5) is 0.979. The number of hydrazone groups is 1. The molecule has 1 fully saturated rings. The van der Waals surface area contributed by atoms with Crippen LogP contribution in [-0.4, -0.2) is 38.7 Å². The Morgan fingerprint density at radius 3 is 2.86 bits per heavy atom. The number of hydrogen-bond donors (Lipinski definition) is 0. The van der Waals surface area contributed by atoms with Gasteiger partial charge in [0.1, 0.15) is 19.3 Å². The fourth-order valence-electron chi connectivity index (χ4n) is 2.28. The highest BCUT2D eigenvalue weighted by atomic mass is 32.1. The van der Waals surface area contributed by atoms with Crippen LogP contribution in [0.2, 0.25) is 0 Å². The number of thiophene rings is 1. The first kappa shape index (κ1) is 13.6. The van der Waals surface area contributed by atoms with Crippen molar-refractivity contribution in [2.45, 2.75) is 6.10 Å². The van der Waals surface area contributed by atoms with Crippen LogP contribution in [0.15, 0.2) is 40.8 Å². The van der Waals surface area contributed by atoms with Gasteiger partial charge in [0.2, 0.25) is 0 Å². The quantitative estimate of drug-likeness (QED) is 0.483. The first-order valence-corrected chi connectivity index (χ1v) is 8.13. The summed E-state index contributed by atoms with van der Waals surface area (Å²) in [6.45, 7) is 2.76. The number of hydrogen-bond acceptors (Lipinski definition) is 6. The average Bonchev–Trinajstić information content (AvgIpc) is 3.30. The lowest BCUT2D eigenvalue weighted by Gasteiger charge is -2.18. The molecule has 2 aromatic rings. The molecule has 1 aromatic carbocycles. The predicted molar refractivity (Wildman–Crippen MR) is 86.4 cm³/mol. The molecule has 2 aliphatic rings. The molecule has 0 bridgehead atoms. The minimum Gasteiger partial charge on any atom is -0.485 e. The van der Waals surface area contributed by atoms with Gasteiger partial charge in [0.25, 0.3) is 0 Å². The largest absolute Gasteiger partial charge is 0.485 e. The van der Waals surface area contributed by atoms with Gasteiger partial charge in [-0.05, 0) is 12.1 Å². The maximum absolute atomic E-state index is 5.68. The lowest BCUT2D eigenvalue weighted by atomic mass is 10.3. The van der Waals surface area contributed by atoms with Gasteiger partial charge in [0.15, 0.2) is 11.5 Å². The second-order valence-electron chi connectivity index (χ2n) is 5.11. The first-order chi connectivity index (χ1) is 10.9. The zero-order chi connectivity index (χ0) is 14.8. The monoisotopic (exact) mass is 316 g/mol. The van der Waals surface area contributed by atoms with E-state index in [9.17, 15) is 0 Å². The molecular formula is C16H16N2O3S. The fraction of sp³-hybridized carbons (Fsp3) is 0.312. The molecule has 0 N–H and O–H groups in total. The summed E-state index contributed by atoms with van der Waals surface area (Å²) in [5, 5.41) is 8.56. The van der Waals surface area contributed by atoms with E-state index in [1.807, 2.05) is 46.9 Å². The van der Waals surface area contributed by atoms with Crippen molar-refractivity contribution in [3.63, 3.8) is 0 Å². The van der Waals surface area contributed by atoms with Crippen molar-refractivity contribution >= 4 is 23.2 Å². The molecule has 5 nitrogen and oxygen atoms in total. The molecule has 1 saturated heterocycles. The van der Waals surface area contributed by atoms with E-state index in [1.54, 1.807) is 11.3 Å². The SMILES string of the molecule is C(=NN(CC1CO1)c1ccccc1)c1scc2c1OCCO2. The summed E-state index contributed by atoms with van der Waals surface area (Å²) < 4.78 is 16.6. The molecule has 0 amide bonds. The predicted octanol–water partition coefficient (Wildman–Crippen LogP) is 2.76. The van der Waals surface area contributed by atoms with E-state index in [4.69, 9.17) is 14.2 Å². The van der Waals surface area contributed by atoms with E-state index in [1.165, 1.54) is 0 Å². The van der Waals surface area contributed by atoms with E-state index >= 15 is 0 Å². The first-order valence-electron chi connectivity index (χ1n) is 7.25. The lowest BCUT2D eigenvalue weighted by molar-refractivity contribution is 0.173. The summed E-state index contributed by atoms with van der Waals surface area (Å²) in [6, 6.07) is 10.1. The third kappa shape index (κ3) is 2.93. The molecule has 6 heteroatoms. The van der Waals surface area contributed by atoms with Crippen molar-refractivity contribution in [3.05, 3.63) is 40.6 Å². The maximum atomic E-state index is 5.68. The van der Waals surface area contributed by atoms with Crippen molar-refractivity contribution in [2.24, 2.45) is 5.10 Å². The number of anilines is 1. The van der Waals surface area contributed by atoms with Crippen LogP contribution < -0.4 is 14.5 Å². The Balaban J connectivity index is 1.56. The van der Waals surface area contributed by atoms with Crippen LogP contribution in [0, 0.1) is 0 Å². The van der Waals surface area contributed by atoms with E-state index in [-0.39, 0.29) is 6.10 Å². The van der Waals surface area contributed by atoms with Crippen molar-refractivity contribution in [3.8, 4) is 11.5 Å². The number of nitrogens with zero attached hydrogens (tertiary/aromatic N) is 2. The van der Waals surface area contributed by atoms with Gasteiger partial charge in [-0.2, -0.15) is 5.10 Å². The van der Waals surface area contributed by atoms with Gasteiger partial charge in [-0.25, -0.2) is 0 Å². The van der Waals surface area contributed by atoms with Crippen LogP contribution in [0.25, 0.3) is 0 Å². The fourth-order valence-corrected chi connectivity index (χ4v) is 3.06. The van der Waals surface area contributed by atoms with Gasteiger partial charge in [0.05, 0.1) is 29.9 Å². The van der Waals surface area contributed by atoms with E-state index in [0.29, 0.717) is 13.2 Å². The highest BCUT2D eigenvalue weighted by Crippen LogP contribution is 2.38. The van der Waals surface area contributed by atoms with Crippen LogP contribution >= 0.6 is 11.3 Å². The summed E-state index contributed by atoms with van der Waals surface area (Å²) in [5.41, 5.74) is 1.05.